The number of nitrogens with two attached hydrogens (primary N) is 2. The number of aliphatic hydroxyl groups excluding tert-OH is 1. The number of aliphatic hydroxyl groups is 1. The van der Waals surface area contributed by atoms with Crippen LogP contribution in [0, 0.1) is 11.8 Å². The van der Waals surface area contributed by atoms with E-state index in [1.165, 1.54) is 24.0 Å². The summed E-state index contributed by atoms with van der Waals surface area (Å²) in [6.07, 6.45) is -1.80. The lowest BCUT2D eigenvalue weighted by molar-refractivity contribution is -0.0438. The summed E-state index contributed by atoms with van der Waals surface area (Å²) in [7, 11) is -16.7. The first kappa shape index (κ1) is 26.8. The quantitative estimate of drug-likeness (QED) is 0.151. The van der Waals surface area contributed by atoms with Gasteiger partial charge in [-0.2, -0.15) is 13.6 Å². The van der Waals surface area contributed by atoms with Gasteiger partial charge in [0.1, 0.15) is 17.7 Å². The molecule has 6 atom stereocenters. The second-order valence-corrected chi connectivity index (χ2v) is 11.2. The lowest BCUT2D eigenvalue weighted by atomic mass is 9.91. The number of nitrogens with zero attached hydrogens (tertiary/aromatic N) is 4. The van der Waals surface area contributed by atoms with Crippen LogP contribution in [0.15, 0.2) is 12.5 Å². The van der Waals surface area contributed by atoms with Crippen LogP contribution in [0.25, 0.3) is 11.2 Å². The molecule has 0 spiro atoms. The minimum Gasteiger partial charge on any atom is -0.387 e. The Morgan fingerprint density at radius 3 is 2.50 bits per heavy atom. The fourth-order valence-electron chi connectivity index (χ4n) is 3.07. The Hall–Kier alpha value is -1.80. The molecule has 0 radical (unpaired) electrons. The van der Waals surface area contributed by atoms with Gasteiger partial charge < -0.3 is 40.9 Å². The number of phosphoric ester groups is 1. The van der Waals surface area contributed by atoms with E-state index in [1.54, 1.807) is 0 Å². The topological polar surface area (TPSA) is 285 Å². The molecule has 0 aliphatic carbocycles. The van der Waals surface area contributed by atoms with Crippen molar-refractivity contribution in [2.75, 3.05) is 12.3 Å². The molecule has 3 unspecified atom stereocenters. The van der Waals surface area contributed by atoms with Crippen LogP contribution in [0.5, 0.6) is 0 Å². The summed E-state index contributed by atoms with van der Waals surface area (Å²) in [6, 6.07) is 0. The Bertz CT molecular complexity index is 1290. The molecule has 188 valence electrons. The van der Waals surface area contributed by atoms with Gasteiger partial charge in [-0.15, -0.1) is 5.92 Å². The Balaban J connectivity index is 1.83. The molecular formula is C13H19N6O12P3. The zero-order valence-electron chi connectivity index (χ0n) is 17.0. The number of anilines is 1. The summed E-state index contributed by atoms with van der Waals surface area (Å²) in [4.78, 5) is 47.9. The molecule has 0 amide bonds. The maximum atomic E-state index is 12.0. The monoisotopic (exact) mass is 544 g/mol. The third-order valence-electron chi connectivity index (χ3n) is 4.30. The molecule has 0 saturated carbocycles. The molecule has 3 heterocycles. The van der Waals surface area contributed by atoms with Gasteiger partial charge in [0.25, 0.3) is 0 Å². The lowest BCUT2D eigenvalue weighted by Crippen LogP contribution is -2.53. The number of hydrogen-bond acceptors (Lipinski definition) is 13. The molecule has 21 heteroatoms. The minimum absolute atomic E-state index is 0.0961. The first-order valence-electron chi connectivity index (χ1n) is 8.86. The predicted octanol–water partition coefficient (Wildman–Crippen LogP) is -1.27. The number of nitrogen functional groups attached to an aromatic ring is 1. The number of aromatic nitrogens is 4. The van der Waals surface area contributed by atoms with Gasteiger partial charge in [-0.3, -0.25) is 9.09 Å². The molecule has 3 rings (SSSR count). The van der Waals surface area contributed by atoms with Crippen molar-refractivity contribution in [3.63, 3.8) is 0 Å². The highest BCUT2D eigenvalue weighted by Gasteiger charge is 2.55. The largest absolute Gasteiger partial charge is 0.490 e. The smallest absolute Gasteiger partial charge is 0.387 e. The number of ether oxygens (including phenoxy) is 1. The van der Waals surface area contributed by atoms with Gasteiger partial charge in [0, 0.05) is 0 Å². The normalized spacial score (nSPS) is 28.7. The number of hydrogen-bond donors (Lipinski definition) is 7. The molecule has 2 aromatic rings. The van der Waals surface area contributed by atoms with E-state index in [9.17, 15) is 28.6 Å². The molecule has 1 saturated heterocycles. The number of imidazole rings is 1. The van der Waals surface area contributed by atoms with Gasteiger partial charge in [0.2, 0.25) is 5.95 Å². The van der Waals surface area contributed by atoms with Crippen LogP contribution >= 0.6 is 23.5 Å². The Labute approximate surface area is 190 Å². The standard InChI is InChI=1S/C13H19N6O12P3/c1-2-3-13(15)9(20)8(5-28-33(24,25)31-34(26,27)30-32(21,22)23)29-11(13)19-6-17-7-4-16-12(14)18-10(7)19/h4,6,8-9,11,20H,5,15H2,1H3,(H,24,25)(H,26,27)(H2,14,16,18)(H2,21,22,23)/t8-,9+,11-,13?/m1/s1. The van der Waals surface area contributed by atoms with Crippen molar-refractivity contribution in [3.05, 3.63) is 12.5 Å². The summed E-state index contributed by atoms with van der Waals surface area (Å²) < 4.78 is 52.9. The molecule has 1 fully saturated rings. The highest BCUT2D eigenvalue weighted by atomic mass is 31.3. The Kier molecular flexibility index (Phi) is 7.36. The maximum absolute atomic E-state index is 12.0. The lowest BCUT2D eigenvalue weighted by Gasteiger charge is -2.27. The third-order valence-corrected chi connectivity index (χ3v) is 8.10. The maximum Gasteiger partial charge on any atom is 0.490 e. The van der Waals surface area contributed by atoms with E-state index in [1.807, 2.05) is 0 Å². The van der Waals surface area contributed by atoms with E-state index in [-0.39, 0.29) is 11.6 Å². The Morgan fingerprint density at radius 2 is 1.88 bits per heavy atom. The van der Waals surface area contributed by atoms with E-state index in [0.717, 1.165) is 0 Å². The van der Waals surface area contributed by atoms with Crippen LogP contribution in [-0.2, 0) is 31.6 Å². The van der Waals surface area contributed by atoms with Crippen molar-refractivity contribution in [2.45, 2.75) is 30.9 Å². The van der Waals surface area contributed by atoms with Crippen molar-refractivity contribution in [1.82, 2.24) is 19.5 Å². The van der Waals surface area contributed by atoms with Crippen molar-refractivity contribution in [2.24, 2.45) is 5.73 Å². The average molecular weight is 544 g/mol. The summed E-state index contributed by atoms with van der Waals surface area (Å²) in [5, 5.41) is 10.7. The fourth-order valence-corrected chi connectivity index (χ4v) is 6.10. The summed E-state index contributed by atoms with van der Waals surface area (Å²) in [5.74, 6) is 5.04. The average Bonchev–Trinajstić information content (AvgIpc) is 3.17. The molecule has 18 nitrogen and oxygen atoms in total. The number of phosphoric acid groups is 3. The van der Waals surface area contributed by atoms with Gasteiger partial charge >= 0.3 is 23.5 Å². The Morgan fingerprint density at radius 1 is 1.21 bits per heavy atom. The van der Waals surface area contributed by atoms with Crippen LogP contribution < -0.4 is 11.5 Å². The zero-order chi connectivity index (χ0) is 25.5. The summed E-state index contributed by atoms with van der Waals surface area (Å²) >= 11 is 0. The van der Waals surface area contributed by atoms with E-state index >= 15 is 0 Å². The molecule has 9 N–H and O–H groups in total. The molecular weight excluding hydrogens is 525 g/mol. The zero-order valence-corrected chi connectivity index (χ0v) is 19.7. The first-order valence-corrected chi connectivity index (χ1v) is 13.4. The summed E-state index contributed by atoms with van der Waals surface area (Å²) in [6.45, 7) is 0.486. The number of fused-ring (bicyclic) bond motifs is 1. The molecule has 2 aromatic heterocycles. The fraction of sp³-hybridized carbons (Fsp3) is 0.462. The minimum atomic E-state index is -5.72. The van der Waals surface area contributed by atoms with Crippen LogP contribution in [0.3, 0.4) is 0 Å². The number of rotatable bonds is 8. The molecule has 0 aromatic carbocycles. The van der Waals surface area contributed by atoms with Crippen LogP contribution in [-0.4, -0.2) is 68.6 Å². The highest BCUT2D eigenvalue weighted by molar-refractivity contribution is 7.66. The predicted molar refractivity (Wildman–Crippen MR) is 110 cm³/mol. The van der Waals surface area contributed by atoms with Crippen molar-refractivity contribution < 1.29 is 56.3 Å². The van der Waals surface area contributed by atoms with Crippen LogP contribution in [0.4, 0.5) is 5.95 Å². The van der Waals surface area contributed by atoms with Gasteiger partial charge in [-0.25, -0.2) is 23.7 Å². The molecule has 0 bridgehead atoms. The van der Waals surface area contributed by atoms with Crippen LogP contribution in [0.1, 0.15) is 13.2 Å². The van der Waals surface area contributed by atoms with E-state index in [4.69, 9.17) is 26.0 Å². The second kappa shape index (κ2) is 9.34. The molecule has 1 aliphatic rings. The van der Waals surface area contributed by atoms with E-state index in [0.29, 0.717) is 5.52 Å². The van der Waals surface area contributed by atoms with Gasteiger partial charge in [-0.05, 0) is 6.92 Å². The van der Waals surface area contributed by atoms with Crippen molar-refractivity contribution in [1.29, 1.82) is 0 Å². The second-order valence-electron chi connectivity index (χ2n) is 6.76. The molecule has 1 aliphatic heterocycles. The van der Waals surface area contributed by atoms with Crippen molar-refractivity contribution >= 4 is 40.6 Å². The van der Waals surface area contributed by atoms with Crippen LogP contribution in [0.2, 0.25) is 0 Å². The highest BCUT2D eigenvalue weighted by Crippen LogP contribution is 2.66. The van der Waals surface area contributed by atoms with Gasteiger partial charge in [-0.1, -0.05) is 5.92 Å². The SMILES string of the molecule is CC#CC1(N)[C@@H](O)[C@@H](COP(=O)(O)OP(=O)(O)OP(=O)(O)O)O[C@H]1n1cnc2cnc(N)nc21. The summed E-state index contributed by atoms with van der Waals surface area (Å²) in [5.41, 5.74) is 10.6. The van der Waals surface area contributed by atoms with Gasteiger partial charge in [0.05, 0.1) is 19.1 Å². The van der Waals surface area contributed by atoms with Crippen molar-refractivity contribution in [3.8, 4) is 11.8 Å². The first-order chi connectivity index (χ1) is 15.6. The van der Waals surface area contributed by atoms with Gasteiger partial charge in [0.15, 0.2) is 17.4 Å². The third kappa shape index (κ3) is 5.88. The van der Waals surface area contributed by atoms with E-state index in [2.05, 4.69) is 39.9 Å². The van der Waals surface area contributed by atoms with E-state index < -0.39 is 54.0 Å². The molecule has 34 heavy (non-hydrogen) atoms.